The predicted molar refractivity (Wildman–Crippen MR) is 90.2 cm³/mol. The Morgan fingerprint density at radius 1 is 1.48 bits per heavy atom. The zero-order valence-electron chi connectivity index (χ0n) is 11.7. The predicted octanol–water partition coefficient (Wildman–Crippen LogP) is 4.46. The molecule has 2 aromatic rings. The van der Waals surface area contributed by atoms with Crippen molar-refractivity contribution in [2.75, 3.05) is 13.7 Å². The lowest BCUT2D eigenvalue weighted by atomic mass is 9.95. The van der Waals surface area contributed by atoms with Crippen LogP contribution in [0, 0.1) is 0 Å². The maximum Gasteiger partial charge on any atom is 0.261 e. The molecular formula is C15H15BrClNO2S. The molecule has 0 fully saturated rings. The summed E-state index contributed by atoms with van der Waals surface area (Å²) in [7, 11) is 1.62. The fourth-order valence-electron chi connectivity index (χ4n) is 1.88. The highest BCUT2D eigenvalue weighted by Crippen LogP contribution is 2.26. The summed E-state index contributed by atoms with van der Waals surface area (Å²) in [5.41, 5.74) is 0.292. The molecule has 112 valence electrons. The number of nitrogens with one attached hydrogen (secondary N) is 1. The number of thiophene rings is 1. The van der Waals surface area contributed by atoms with Crippen LogP contribution in [-0.4, -0.2) is 19.6 Å². The first-order chi connectivity index (χ1) is 9.94. The Bertz CT molecular complexity index is 646. The van der Waals surface area contributed by atoms with Crippen LogP contribution in [0.15, 0.2) is 40.2 Å². The average molecular weight is 389 g/mol. The number of carbonyl (C=O) groups excluding carboxylic acids is 1. The Balaban J connectivity index is 2.10. The molecule has 0 aliphatic heterocycles. The molecular weight excluding hydrogens is 374 g/mol. The second-order valence-electron chi connectivity index (χ2n) is 4.76. The first kappa shape index (κ1) is 16.5. The summed E-state index contributed by atoms with van der Waals surface area (Å²) in [6, 6.07) is 9.25. The molecule has 0 unspecified atom stereocenters. The van der Waals surface area contributed by atoms with Gasteiger partial charge in [-0.05, 0) is 46.6 Å². The Morgan fingerprint density at radius 2 is 2.24 bits per heavy atom. The summed E-state index contributed by atoms with van der Waals surface area (Å²) in [6.45, 7) is 2.28. The number of ether oxygens (including phenoxy) is 1. The van der Waals surface area contributed by atoms with Crippen molar-refractivity contribution in [2.24, 2.45) is 0 Å². The van der Waals surface area contributed by atoms with Gasteiger partial charge in [-0.2, -0.15) is 0 Å². The van der Waals surface area contributed by atoms with Crippen LogP contribution in [0.3, 0.4) is 0 Å². The molecule has 0 aliphatic rings. The number of benzene rings is 1. The monoisotopic (exact) mass is 387 g/mol. The molecule has 0 saturated carbocycles. The zero-order chi connectivity index (χ0) is 15.5. The SMILES string of the molecule is CO[C@](C)(CNC(=O)c1cc(Br)cs1)c1cccc(Cl)c1. The largest absolute Gasteiger partial charge is 0.372 e. The van der Waals surface area contributed by atoms with Crippen LogP contribution in [-0.2, 0) is 10.3 Å². The fraction of sp³-hybridized carbons (Fsp3) is 0.267. The molecule has 0 radical (unpaired) electrons. The normalized spacial score (nSPS) is 13.7. The first-order valence-electron chi connectivity index (χ1n) is 6.28. The van der Waals surface area contributed by atoms with E-state index in [4.69, 9.17) is 16.3 Å². The Kier molecular flexibility index (Phi) is 5.43. The van der Waals surface area contributed by atoms with Gasteiger partial charge in [-0.25, -0.2) is 0 Å². The van der Waals surface area contributed by atoms with Gasteiger partial charge in [-0.15, -0.1) is 11.3 Å². The van der Waals surface area contributed by atoms with E-state index in [1.807, 2.05) is 36.6 Å². The highest BCUT2D eigenvalue weighted by Gasteiger charge is 2.27. The van der Waals surface area contributed by atoms with Crippen molar-refractivity contribution < 1.29 is 9.53 Å². The van der Waals surface area contributed by atoms with Gasteiger partial charge in [0.1, 0.15) is 5.60 Å². The van der Waals surface area contributed by atoms with Gasteiger partial charge < -0.3 is 10.1 Å². The van der Waals surface area contributed by atoms with Crippen molar-refractivity contribution in [3.63, 3.8) is 0 Å². The molecule has 1 N–H and O–H groups in total. The highest BCUT2D eigenvalue weighted by molar-refractivity contribution is 9.10. The summed E-state index contributed by atoms with van der Waals surface area (Å²) >= 11 is 10.8. The summed E-state index contributed by atoms with van der Waals surface area (Å²) < 4.78 is 6.50. The van der Waals surface area contributed by atoms with Crippen LogP contribution in [0.1, 0.15) is 22.2 Å². The van der Waals surface area contributed by atoms with Gasteiger partial charge in [-0.3, -0.25) is 4.79 Å². The van der Waals surface area contributed by atoms with E-state index < -0.39 is 5.60 Å². The molecule has 1 aromatic carbocycles. The number of carbonyl (C=O) groups is 1. The second-order valence-corrected chi connectivity index (χ2v) is 7.02. The molecule has 0 saturated heterocycles. The molecule has 0 aliphatic carbocycles. The molecule has 3 nitrogen and oxygen atoms in total. The lowest BCUT2D eigenvalue weighted by Crippen LogP contribution is -2.39. The molecule has 0 bridgehead atoms. The van der Waals surface area contributed by atoms with E-state index in [2.05, 4.69) is 21.2 Å². The van der Waals surface area contributed by atoms with Gasteiger partial charge in [0.25, 0.3) is 5.91 Å². The van der Waals surface area contributed by atoms with E-state index >= 15 is 0 Å². The molecule has 1 aromatic heterocycles. The smallest absolute Gasteiger partial charge is 0.261 e. The third-order valence-electron chi connectivity index (χ3n) is 3.26. The van der Waals surface area contributed by atoms with E-state index in [9.17, 15) is 4.79 Å². The van der Waals surface area contributed by atoms with Gasteiger partial charge in [0, 0.05) is 22.0 Å². The Labute approximate surface area is 141 Å². The van der Waals surface area contributed by atoms with E-state index in [0.29, 0.717) is 16.4 Å². The minimum Gasteiger partial charge on any atom is -0.372 e. The third-order valence-corrected chi connectivity index (χ3v) is 5.19. The second kappa shape index (κ2) is 6.92. The topological polar surface area (TPSA) is 38.3 Å². The molecule has 1 amide bonds. The maximum absolute atomic E-state index is 12.1. The van der Waals surface area contributed by atoms with Crippen LogP contribution >= 0.6 is 38.9 Å². The number of rotatable bonds is 5. The van der Waals surface area contributed by atoms with Crippen molar-refractivity contribution >= 4 is 44.8 Å². The molecule has 21 heavy (non-hydrogen) atoms. The van der Waals surface area contributed by atoms with Gasteiger partial charge in [0.15, 0.2) is 0 Å². The van der Waals surface area contributed by atoms with E-state index in [1.54, 1.807) is 13.2 Å². The van der Waals surface area contributed by atoms with Crippen LogP contribution in [0.25, 0.3) is 0 Å². The molecule has 0 spiro atoms. The molecule has 1 heterocycles. The average Bonchev–Trinajstić information content (AvgIpc) is 2.91. The van der Waals surface area contributed by atoms with Crippen LogP contribution < -0.4 is 5.32 Å². The van der Waals surface area contributed by atoms with Crippen LogP contribution in [0.5, 0.6) is 0 Å². The minimum atomic E-state index is -0.630. The van der Waals surface area contributed by atoms with Crippen molar-refractivity contribution in [3.8, 4) is 0 Å². The first-order valence-corrected chi connectivity index (χ1v) is 8.33. The summed E-state index contributed by atoms with van der Waals surface area (Å²) in [5, 5.41) is 5.42. The van der Waals surface area contributed by atoms with E-state index in [-0.39, 0.29) is 5.91 Å². The van der Waals surface area contributed by atoms with E-state index in [1.165, 1.54) is 11.3 Å². The van der Waals surface area contributed by atoms with Gasteiger partial charge in [-0.1, -0.05) is 23.7 Å². The maximum atomic E-state index is 12.1. The minimum absolute atomic E-state index is 0.115. The summed E-state index contributed by atoms with van der Waals surface area (Å²) in [6.07, 6.45) is 0. The molecule has 1 atom stereocenters. The summed E-state index contributed by atoms with van der Waals surface area (Å²) in [4.78, 5) is 12.8. The van der Waals surface area contributed by atoms with Gasteiger partial charge in [0.2, 0.25) is 0 Å². The third kappa shape index (κ3) is 4.07. The van der Waals surface area contributed by atoms with Crippen molar-refractivity contribution in [1.82, 2.24) is 5.32 Å². The fourth-order valence-corrected chi connectivity index (χ4v) is 3.41. The highest BCUT2D eigenvalue weighted by atomic mass is 79.9. The van der Waals surface area contributed by atoms with Crippen LogP contribution in [0.4, 0.5) is 0 Å². The molecule has 6 heteroatoms. The lowest BCUT2D eigenvalue weighted by Gasteiger charge is -2.29. The number of hydrogen-bond donors (Lipinski definition) is 1. The van der Waals surface area contributed by atoms with Gasteiger partial charge >= 0.3 is 0 Å². The Morgan fingerprint density at radius 3 is 2.81 bits per heavy atom. The Hall–Kier alpha value is -0.880. The lowest BCUT2D eigenvalue weighted by molar-refractivity contribution is 0.00319. The number of methoxy groups -OCH3 is 1. The standard InChI is InChI=1S/C15H15BrClNO2S/c1-15(20-2,10-4-3-5-12(17)6-10)9-18-14(19)13-7-11(16)8-21-13/h3-8H,9H2,1-2H3,(H,18,19)/t15-/m1/s1. The van der Waals surface area contributed by atoms with Crippen LogP contribution in [0.2, 0.25) is 5.02 Å². The summed E-state index contributed by atoms with van der Waals surface area (Å²) in [5.74, 6) is -0.115. The number of amides is 1. The van der Waals surface area contributed by atoms with Crippen molar-refractivity contribution in [2.45, 2.75) is 12.5 Å². The molecule has 2 rings (SSSR count). The number of hydrogen-bond acceptors (Lipinski definition) is 3. The van der Waals surface area contributed by atoms with Crippen molar-refractivity contribution in [1.29, 1.82) is 0 Å². The quantitative estimate of drug-likeness (QED) is 0.821. The van der Waals surface area contributed by atoms with E-state index in [0.717, 1.165) is 10.0 Å². The number of halogens is 2. The van der Waals surface area contributed by atoms with Crippen molar-refractivity contribution in [3.05, 3.63) is 55.6 Å². The van der Waals surface area contributed by atoms with Gasteiger partial charge in [0.05, 0.1) is 11.4 Å². The zero-order valence-corrected chi connectivity index (χ0v) is 14.8.